The molecule has 0 aromatic carbocycles. The number of hydrogen-bond donors (Lipinski definition) is 1. The third-order valence-corrected chi connectivity index (χ3v) is 5.31. The van der Waals surface area contributed by atoms with Crippen molar-refractivity contribution in [3.05, 3.63) is 0 Å². The van der Waals surface area contributed by atoms with Gasteiger partial charge in [-0.2, -0.15) is 0 Å². The molecule has 19 heavy (non-hydrogen) atoms. The van der Waals surface area contributed by atoms with E-state index in [1.165, 1.54) is 44.9 Å². The van der Waals surface area contributed by atoms with Gasteiger partial charge in [0.2, 0.25) is 5.91 Å². The van der Waals surface area contributed by atoms with Crippen molar-refractivity contribution in [2.75, 3.05) is 19.6 Å². The summed E-state index contributed by atoms with van der Waals surface area (Å²) in [6.07, 6.45) is 10.6. The van der Waals surface area contributed by atoms with Crippen LogP contribution in [0.1, 0.15) is 65.2 Å². The number of carbonyl (C=O) groups excluding carboxylic acids is 1. The molecular formula is C16H30N2O. The highest BCUT2D eigenvalue weighted by Crippen LogP contribution is 2.44. The van der Waals surface area contributed by atoms with Crippen molar-refractivity contribution in [2.24, 2.45) is 5.41 Å². The van der Waals surface area contributed by atoms with Gasteiger partial charge in [0, 0.05) is 19.1 Å². The van der Waals surface area contributed by atoms with Gasteiger partial charge in [-0.3, -0.25) is 4.79 Å². The first kappa shape index (κ1) is 14.8. The lowest BCUT2D eigenvalue weighted by Gasteiger charge is -2.44. The Hall–Kier alpha value is -0.570. The van der Waals surface area contributed by atoms with Gasteiger partial charge < -0.3 is 10.2 Å². The molecule has 110 valence electrons. The van der Waals surface area contributed by atoms with Crippen LogP contribution in [0.15, 0.2) is 0 Å². The number of likely N-dealkylation sites (tertiary alicyclic amines) is 1. The van der Waals surface area contributed by atoms with Crippen molar-refractivity contribution in [3.63, 3.8) is 0 Å². The molecular weight excluding hydrogens is 236 g/mol. The third kappa shape index (κ3) is 3.95. The van der Waals surface area contributed by atoms with Gasteiger partial charge in [0.15, 0.2) is 0 Å². The molecule has 1 unspecified atom stereocenters. The Morgan fingerprint density at radius 2 is 1.79 bits per heavy atom. The maximum absolute atomic E-state index is 12.2. The molecule has 1 amide bonds. The highest BCUT2D eigenvalue weighted by atomic mass is 16.2. The van der Waals surface area contributed by atoms with Crippen molar-refractivity contribution in [3.8, 4) is 0 Å². The topological polar surface area (TPSA) is 32.3 Å². The molecule has 0 aromatic heterocycles. The summed E-state index contributed by atoms with van der Waals surface area (Å²) in [6.45, 7) is 6.78. The molecule has 1 atom stereocenters. The number of rotatable bonds is 4. The molecule has 1 spiro atoms. The van der Waals surface area contributed by atoms with Gasteiger partial charge in [-0.15, -0.1) is 0 Å². The average molecular weight is 266 g/mol. The summed E-state index contributed by atoms with van der Waals surface area (Å²) in [4.78, 5) is 14.2. The van der Waals surface area contributed by atoms with E-state index in [1.807, 2.05) is 0 Å². The van der Waals surface area contributed by atoms with E-state index in [-0.39, 0.29) is 0 Å². The standard InChI is InChI=1S/C16H30N2O/c1-3-14(2)17-13-15(19)18-11-9-16(10-12-18)7-5-4-6-8-16/h14,17H,3-13H2,1-2H3. The van der Waals surface area contributed by atoms with Crippen LogP contribution in [-0.2, 0) is 4.79 Å². The SMILES string of the molecule is CCC(C)NCC(=O)N1CCC2(CCCCC2)CC1. The van der Waals surface area contributed by atoms with Crippen LogP contribution < -0.4 is 5.32 Å². The van der Waals surface area contributed by atoms with Gasteiger partial charge in [0.25, 0.3) is 0 Å². The second-order valence-corrected chi connectivity index (χ2v) is 6.63. The van der Waals surface area contributed by atoms with Gasteiger partial charge in [-0.05, 0) is 44.4 Å². The molecule has 3 nitrogen and oxygen atoms in total. The van der Waals surface area contributed by atoms with Crippen molar-refractivity contribution >= 4 is 5.91 Å². The lowest BCUT2D eigenvalue weighted by Crippen LogP contribution is -2.47. The number of nitrogens with one attached hydrogen (secondary N) is 1. The molecule has 1 N–H and O–H groups in total. The third-order valence-electron chi connectivity index (χ3n) is 5.31. The van der Waals surface area contributed by atoms with Crippen LogP contribution in [0.4, 0.5) is 0 Å². The van der Waals surface area contributed by atoms with Gasteiger partial charge in [-0.1, -0.05) is 26.2 Å². The summed E-state index contributed by atoms with van der Waals surface area (Å²) in [6, 6.07) is 0.443. The summed E-state index contributed by atoms with van der Waals surface area (Å²) in [5, 5.41) is 3.31. The fourth-order valence-corrected chi connectivity index (χ4v) is 3.55. The van der Waals surface area contributed by atoms with Gasteiger partial charge >= 0.3 is 0 Å². The van der Waals surface area contributed by atoms with E-state index >= 15 is 0 Å². The van der Waals surface area contributed by atoms with Crippen LogP contribution in [0.5, 0.6) is 0 Å². The summed E-state index contributed by atoms with van der Waals surface area (Å²) in [5.74, 6) is 0.297. The normalized spacial score (nSPS) is 24.4. The Bertz CT molecular complexity index is 287. The fourth-order valence-electron chi connectivity index (χ4n) is 3.55. The van der Waals surface area contributed by atoms with Crippen molar-refractivity contribution in [2.45, 2.75) is 71.3 Å². The smallest absolute Gasteiger partial charge is 0.236 e. The number of hydrogen-bond acceptors (Lipinski definition) is 2. The average Bonchev–Trinajstić information content (AvgIpc) is 2.46. The Balaban J connectivity index is 1.74. The second kappa shape index (κ2) is 6.74. The molecule has 1 heterocycles. The summed E-state index contributed by atoms with van der Waals surface area (Å²) in [7, 11) is 0. The van der Waals surface area contributed by atoms with E-state index in [9.17, 15) is 4.79 Å². The van der Waals surface area contributed by atoms with Crippen LogP contribution in [0, 0.1) is 5.41 Å². The van der Waals surface area contributed by atoms with Crippen molar-refractivity contribution in [1.82, 2.24) is 10.2 Å². The minimum Gasteiger partial charge on any atom is -0.342 e. The maximum atomic E-state index is 12.2. The molecule has 0 aromatic rings. The van der Waals surface area contributed by atoms with Crippen molar-refractivity contribution in [1.29, 1.82) is 0 Å². The summed E-state index contributed by atoms with van der Waals surface area (Å²) < 4.78 is 0. The Morgan fingerprint density at radius 1 is 1.16 bits per heavy atom. The number of nitrogens with zero attached hydrogens (tertiary/aromatic N) is 1. The van der Waals surface area contributed by atoms with Gasteiger partial charge in [-0.25, -0.2) is 0 Å². The van der Waals surface area contributed by atoms with E-state index in [2.05, 4.69) is 24.1 Å². The Labute approximate surface area is 118 Å². The van der Waals surface area contributed by atoms with E-state index in [0.29, 0.717) is 23.9 Å². The van der Waals surface area contributed by atoms with E-state index < -0.39 is 0 Å². The Morgan fingerprint density at radius 3 is 2.37 bits per heavy atom. The van der Waals surface area contributed by atoms with E-state index in [0.717, 1.165) is 19.5 Å². The molecule has 1 aliphatic heterocycles. The molecule has 0 bridgehead atoms. The summed E-state index contributed by atoms with van der Waals surface area (Å²) >= 11 is 0. The number of carbonyl (C=O) groups is 1. The lowest BCUT2D eigenvalue weighted by atomic mass is 9.68. The van der Waals surface area contributed by atoms with Crippen LogP contribution in [-0.4, -0.2) is 36.5 Å². The quantitative estimate of drug-likeness (QED) is 0.848. The van der Waals surface area contributed by atoms with Crippen LogP contribution in [0.3, 0.4) is 0 Å². The molecule has 0 radical (unpaired) electrons. The molecule has 2 aliphatic rings. The second-order valence-electron chi connectivity index (χ2n) is 6.63. The van der Waals surface area contributed by atoms with Gasteiger partial charge in [0.05, 0.1) is 6.54 Å². The first-order valence-corrected chi connectivity index (χ1v) is 8.16. The minimum absolute atomic E-state index is 0.297. The van der Waals surface area contributed by atoms with Gasteiger partial charge in [0.1, 0.15) is 0 Å². The van der Waals surface area contributed by atoms with Crippen LogP contribution in [0.25, 0.3) is 0 Å². The minimum atomic E-state index is 0.297. The molecule has 1 aliphatic carbocycles. The monoisotopic (exact) mass is 266 g/mol. The number of piperidine rings is 1. The number of amides is 1. The largest absolute Gasteiger partial charge is 0.342 e. The van der Waals surface area contributed by atoms with E-state index in [4.69, 9.17) is 0 Å². The van der Waals surface area contributed by atoms with Crippen LogP contribution in [0.2, 0.25) is 0 Å². The zero-order valence-corrected chi connectivity index (χ0v) is 12.7. The zero-order valence-electron chi connectivity index (χ0n) is 12.7. The predicted octanol–water partition coefficient (Wildman–Crippen LogP) is 2.95. The maximum Gasteiger partial charge on any atom is 0.236 e. The highest BCUT2D eigenvalue weighted by molar-refractivity contribution is 5.78. The lowest BCUT2D eigenvalue weighted by molar-refractivity contribution is -0.133. The van der Waals surface area contributed by atoms with Crippen molar-refractivity contribution < 1.29 is 4.79 Å². The highest BCUT2D eigenvalue weighted by Gasteiger charge is 2.36. The fraction of sp³-hybridized carbons (Fsp3) is 0.938. The summed E-state index contributed by atoms with van der Waals surface area (Å²) in [5.41, 5.74) is 0.596. The molecule has 2 fully saturated rings. The molecule has 1 saturated carbocycles. The van der Waals surface area contributed by atoms with E-state index in [1.54, 1.807) is 0 Å². The molecule has 1 saturated heterocycles. The first-order chi connectivity index (χ1) is 9.15. The first-order valence-electron chi connectivity index (χ1n) is 8.16. The van der Waals surface area contributed by atoms with Crippen LogP contribution >= 0.6 is 0 Å². The molecule has 3 heteroatoms. The zero-order chi connectivity index (χ0) is 13.7. The molecule has 2 rings (SSSR count). The predicted molar refractivity (Wildman–Crippen MR) is 79.1 cm³/mol. The Kier molecular flexibility index (Phi) is 5.26.